The Morgan fingerprint density at radius 2 is 1.95 bits per heavy atom. The predicted octanol–water partition coefficient (Wildman–Crippen LogP) is 2.86. The van der Waals surface area contributed by atoms with E-state index < -0.39 is 0 Å². The second-order valence-corrected chi connectivity index (χ2v) is 4.57. The van der Waals surface area contributed by atoms with Gasteiger partial charge in [0.2, 0.25) is 5.78 Å². The van der Waals surface area contributed by atoms with E-state index in [0.717, 1.165) is 12.8 Å². The maximum atomic E-state index is 11.8. The van der Waals surface area contributed by atoms with Crippen LogP contribution in [0.15, 0.2) is 48.7 Å². The van der Waals surface area contributed by atoms with Gasteiger partial charge in [0.15, 0.2) is 0 Å². The van der Waals surface area contributed by atoms with Gasteiger partial charge >= 0.3 is 0 Å². The normalized spacial score (nSPS) is 10.6. The summed E-state index contributed by atoms with van der Waals surface area (Å²) < 4.78 is 7.25. The van der Waals surface area contributed by atoms with E-state index in [0.29, 0.717) is 12.3 Å². The number of carbonyl (C=O) groups is 1. The van der Waals surface area contributed by atoms with Crippen molar-refractivity contribution in [2.45, 2.75) is 12.8 Å². The molecule has 0 saturated carbocycles. The molecular formula is C16H19NO2. The van der Waals surface area contributed by atoms with Crippen molar-refractivity contribution in [3.8, 4) is 0 Å². The third kappa shape index (κ3) is 4.07. The first kappa shape index (κ1) is 13.6. The fourth-order valence-corrected chi connectivity index (χ4v) is 2.01. The lowest BCUT2D eigenvalue weighted by Crippen LogP contribution is -2.13. The van der Waals surface area contributed by atoms with E-state index in [2.05, 4.69) is 12.1 Å². The Labute approximate surface area is 113 Å². The highest BCUT2D eigenvalue weighted by atomic mass is 16.5. The number of aromatic nitrogens is 1. The number of ketones is 1. The zero-order valence-electron chi connectivity index (χ0n) is 11.2. The summed E-state index contributed by atoms with van der Waals surface area (Å²) in [4.78, 5) is 11.8. The quantitative estimate of drug-likeness (QED) is 0.564. The van der Waals surface area contributed by atoms with Gasteiger partial charge in [-0.2, -0.15) is 0 Å². The summed E-state index contributed by atoms with van der Waals surface area (Å²) >= 11 is 0. The van der Waals surface area contributed by atoms with Crippen LogP contribution in [0.1, 0.15) is 22.5 Å². The lowest BCUT2D eigenvalue weighted by atomic mass is 10.1. The lowest BCUT2D eigenvalue weighted by molar-refractivity contribution is 0.0748. The molecule has 0 spiro atoms. The summed E-state index contributed by atoms with van der Waals surface area (Å²) in [6, 6.07) is 14.0. The first-order chi connectivity index (χ1) is 9.27. The van der Waals surface area contributed by atoms with Crippen LogP contribution in [-0.4, -0.2) is 23.6 Å². The molecule has 0 bridgehead atoms. The van der Waals surface area contributed by atoms with E-state index in [1.54, 1.807) is 0 Å². The van der Waals surface area contributed by atoms with Gasteiger partial charge in [0.25, 0.3) is 0 Å². The molecule has 0 amide bonds. The van der Waals surface area contributed by atoms with E-state index in [1.165, 1.54) is 5.56 Å². The van der Waals surface area contributed by atoms with Crippen molar-refractivity contribution in [3.63, 3.8) is 0 Å². The minimum absolute atomic E-state index is 0.0345. The van der Waals surface area contributed by atoms with E-state index in [4.69, 9.17) is 4.74 Å². The average molecular weight is 257 g/mol. The third-order valence-corrected chi connectivity index (χ3v) is 3.06. The molecule has 0 unspecified atom stereocenters. The monoisotopic (exact) mass is 257 g/mol. The predicted molar refractivity (Wildman–Crippen MR) is 75.3 cm³/mol. The number of carbonyl (C=O) groups excluding carboxylic acids is 1. The van der Waals surface area contributed by atoms with Crippen molar-refractivity contribution in [1.29, 1.82) is 0 Å². The van der Waals surface area contributed by atoms with Crippen molar-refractivity contribution in [2.24, 2.45) is 7.05 Å². The molecule has 1 heterocycles. The maximum Gasteiger partial charge on any atom is 0.204 e. The van der Waals surface area contributed by atoms with Crippen LogP contribution in [0.25, 0.3) is 0 Å². The Kier molecular flexibility index (Phi) is 4.93. The van der Waals surface area contributed by atoms with Crippen LogP contribution in [0.3, 0.4) is 0 Å². The van der Waals surface area contributed by atoms with Crippen LogP contribution in [0, 0.1) is 0 Å². The number of ether oxygens (including phenoxy) is 1. The topological polar surface area (TPSA) is 31.2 Å². The number of nitrogens with zero attached hydrogens (tertiary/aromatic N) is 1. The molecule has 0 radical (unpaired) electrons. The Bertz CT molecular complexity index is 517. The summed E-state index contributed by atoms with van der Waals surface area (Å²) in [6.45, 7) is 0.775. The summed E-state index contributed by atoms with van der Waals surface area (Å²) in [5.74, 6) is 0.0345. The van der Waals surface area contributed by atoms with Gasteiger partial charge in [-0.3, -0.25) is 4.79 Å². The Hall–Kier alpha value is -1.87. The number of hydrogen-bond donors (Lipinski definition) is 0. The van der Waals surface area contributed by atoms with Gasteiger partial charge < -0.3 is 9.30 Å². The first-order valence-corrected chi connectivity index (χ1v) is 6.53. The average Bonchev–Trinajstić information content (AvgIpc) is 2.86. The van der Waals surface area contributed by atoms with Gasteiger partial charge in [-0.15, -0.1) is 0 Å². The summed E-state index contributed by atoms with van der Waals surface area (Å²) in [5, 5.41) is 0. The van der Waals surface area contributed by atoms with Gasteiger partial charge in [-0.1, -0.05) is 30.3 Å². The summed E-state index contributed by atoms with van der Waals surface area (Å²) in [7, 11) is 1.86. The standard InChI is InChI=1S/C16H19NO2/c1-17-11-5-10-15(17)16(18)13-19-12-6-9-14-7-3-2-4-8-14/h2-5,7-8,10-11H,6,9,12-13H2,1H3. The molecule has 2 rings (SSSR count). The van der Waals surface area contributed by atoms with Crippen LogP contribution in [-0.2, 0) is 18.2 Å². The van der Waals surface area contributed by atoms with Gasteiger partial charge in [-0.05, 0) is 30.5 Å². The van der Waals surface area contributed by atoms with Gasteiger partial charge in [0, 0.05) is 19.9 Å². The molecular weight excluding hydrogens is 238 g/mol. The Balaban J connectivity index is 1.65. The van der Waals surface area contributed by atoms with Crippen LogP contribution in [0.5, 0.6) is 0 Å². The molecule has 0 saturated heterocycles. The van der Waals surface area contributed by atoms with Gasteiger partial charge in [0.1, 0.15) is 6.61 Å². The second kappa shape index (κ2) is 6.90. The van der Waals surface area contributed by atoms with Crippen molar-refractivity contribution in [3.05, 3.63) is 59.9 Å². The highest BCUT2D eigenvalue weighted by molar-refractivity contribution is 5.95. The minimum atomic E-state index is 0.0345. The molecule has 0 aliphatic heterocycles. The molecule has 0 aliphatic rings. The zero-order valence-corrected chi connectivity index (χ0v) is 11.2. The number of benzene rings is 1. The van der Waals surface area contributed by atoms with Gasteiger partial charge in [0.05, 0.1) is 5.69 Å². The first-order valence-electron chi connectivity index (χ1n) is 6.53. The van der Waals surface area contributed by atoms with Crippen LogP contribution in [0.4, 0.5) is 0 Å². The van der Waals surface area contributed by atoms with E-state index in [1.807, 2.05) is 48.1 Å². The van der Waals surface area contributed by atoms with Crippen LogP contribution < -0.4 is 0 Å². The molecule has 1 aromatic heterocycles. The zero-order chi connectivity index (χ0) is 13.5. The van der Waals surface area contributed by atoms with Crippen molar-refractivity contribution in [1.82, 2.24) is 4.57 Å². The summed E-state index contributed by atoms with van der Waals surface area (Å²) in [5.41, 5.74) is 2.00. The largest absolute Gasteiger partial charge is 0.373 e. The number of Topliss-reactive ketones (excluding diaryl/α,β-unsaturated/α-hetero) is 1. The SMILES string of the molecule is Cn1cccc1C(=O)COCCCc1ccccc1. The number of aryl methyl sites for hydroxylation is 2. The van der Waals surface area contributed by atoms with Crippen molar-refractivity contribution >= 4 is 5.78 Å². The smallest absolute Gasteiger partial charge is 0.204 e. The molecule has 0 aliphatic carbocycles. The molecule has 0 N–H and O–H groups in total. The van der Waals surface area contributed by atoms with E-state index in [9.17, 15) is 4.79 Å². The highest BCUT2D eigenvalue weighted by Crippen LogP contribution is 2.04. The fraction of sp³-hybridized carbons (Fsp3) is 0.312. The molecule has 0 atom stereocenters. The highest BCUT2D eigenvalue weighted by Gasteiger charge is 2.08. The second-order valence-electron chi connectivity index (χ2n) is 4.57. The maximum absolute atomic E-state index is 11.8. The van der Waals surface area contributed by atoms with Crippen molar-refractivity contribution < 1.29 is 9.53 Å². The lowest BCUT2D eigenvalue weighted by Gasteiger charge is -2.05. The van der Waals surface area contributed by atoms with E-state index in [-0.39, 0.29) is 12.4 Å². The molecule has 19 heavy (non-hydrogen) atoms. The number of hydrogen-bond acceptors (Lipinski definition) is 2. The van der Waals surface area contributed by atoms with Gasteiger partial charge in [-0.25, -0.2) is 0 Å². The Morgan fingerprint density at radius 1 is 1.16 bits per heavy atom. The number of rotatable bonds is 7. The molecule has 0 fully saturated rings. The van der Waals surface area contributed by atoms with Crippen LogP contribution >= 0.6 is 0 Å². The van der Waals surface area contributed by atoms with Crippen LogP contribution in [0.2, 0.25) is 0 Å². The molecule has 3 nitrogen and oxygen atoms in total. The molecule has 2 aromatic rings. The minimum Gasteiger partial charge on any atom is -0.373 e. The molecule has 100 valence electrons. The molecule has 3 heteroatoms. The summed E-state index contributed by atoms with van der Waals surface area (Å²) in [6.07, 6.45) is 3.78. The van der Waals surface area contributed by atoms with E-state index >= 15 is 0 Å². The molecule has 1 aromatic carbocycles. The Morgan fingerprint density at radius 3 is 2.63 bits per heavy atom. The van der Waals surface area contributed by atoms with Crippen molar-refractivity contribution in [2.75, 3.05) is 13.2 Å². The third-order valence-electron chi connectivity index (χ3n) is 3.06. The fourth-order valence-electron chi connectivity index (χ4n) is 2.01.